The highest BCUT2D eigenvalue weighted by Crippen LogP contribution is 2.20. The van der Waals surface area contributed by atoms with Crippen LogP contribution in [0, 0.1) is 0 Å². The van der Waals surface area contributed by atoms with Crippen LogP contribution in [-0.2, 0) is 9.59 Å². The van der Waals surface area contributed by atoms with Crippen molar-refractivity contribution in [2.45, 2.75) is 13.8 Å². The summed E-state index contributed by atoms with van der Waals surface area (Å²) in [5.41, 5.74) is 0.577. The van der Waals surface area contributed by atoms with Gasteiger partial charge in [-0.3, -0.25) is 14.5 Å². The van der Waals surface area contributed by atoms with Gasteiger partial charge in [0.15, 0.2) is 0 Å². The highest BCUT2D eigenvalue weighted by atomic mass is 35.5. The van der Waals surface area contributed by atoms with Crippen LogP contribution < -0.4 is 10.6 Å². The summed E-state index contributed by atoms with van der Waals surface area (Å²) in [7, 11) is 0. The molecule has 0 heterocycles. The van der Waals surface area contributed by atoms with Crippen molar-refractivity contribution in [2.75, 3.05) is 31.5 Å². The average molecular weight is 298 g/mol. The lowest BCUT2D eigenvalue weighted by Gasteiger charge is -2.19. The number of nitrogens with zero attached hydrogens (tertiary/aromatic N) is 1. The summed E-state index contributed by atoms with van der Waals surface area (Å²) in [6.07, 6.45) is 0. The van der Waals surface area contributed by atoms with Crippen molar-refractivity contribution in [1.29, 1.82) is 0 Å². The maximum Gasteiger partial charge on any atom is 0.238 e. The number of anilines is 1. The number of nitrogens with one attached hydrogen (secondary N) is 2. The van der Waals surface area contributed by atoms with Gasteiger partial charge in [0.05, 0.1) is 23.8 Å². The molecule has 2 N–H and O–H groups in total. The highest BCUT2D eigenvalue weighted by molar-refractivity contribution is 6.33. The fourth-order valence-electron chi connectivity index (χ4n) is 1.69. The van der Waals surface area contributed by atoms with Gasteiger partial charge >= 0.3 is 0 Å². The number of hydrogen-bond acceptors (Lipinski definition) is 3. The standard InChI is InChI=1S/C14H20ClN3O2/c1-3-16-13(19)9-18(4-2)10-14(20)17-12-8-6-5-7-11(12)15/h5-8H,3-4,9-10H2,1-2H3,(H,16,19)(H,17,20). The van der Waals surface area contributed by atoms with Crippen molar-refractivity contribution in [2.24, 2.45) is 0 Å². The van der Waals surface area contributed by atoms with Gasteiger partial charge in [0.2, 0.25) is 11.8 Å². The maximum atomic E-state index is 11.9. The first-order chi connectivity index (χ1) is 9.56. The first-order valence-corrected chi connectivity index (χ1v) is 6.98. The van der Waals surface area contributed by atoms with Crippen molar-refractivity contribution < 1.29 is 9.59 Å². The second-order valence-electron chi connectivity index (χ2n) is 4.28. The number of para-hydroxylation sites is 1. The van der Waals surface area contributed by atoms with Gasteiger partial charge < -0.3 is 10.6 Å². The molecule has 0 unspecified atom stereocenters. The molecule has 0 aliphatic rings. The minimum Gasteiger partial charge on any atom is -0.355 e. The van der Waals surface area contributed by atoms with Crippen molar-refractivity contribution >= 4 is 29.1 Å². The number of hydrogen-bond donors (Lipinski definition) is 2. The molecular weight excluding hydrogens is 278 g/mol. The van der Waals surface area contributed by atoms with E-state index in [9.17, 15) is 9.59 Å². The quantitative estimate of drug-likeness (QED) is 0.806. The lowest BCUT2D eigenvalue weighted by Crippen LogP contribution is -2.41. The zero-order valence-corrected chi connectivity index (χ0v) is 12.5. The SMILES string of the molecule is CCNC(=O)CN(CC)CC(=O)Nc1ccccc1Cl. The largest absolute Gasteiger partial charge is 0.355 e. The van der Waals surface area contributed by atoms with E-state index >= 15 is 0 Å². The summed E-state index contributed by atoms with van der Waals surface area (Å²) in [4.78, 5) is 25.2. The van der Waals surface area contributed by atoms with Gasteiger partial charge in [-0.15, -0.1) is 0 Å². The number of rotatable bonds is 7. The van der Waals surface area contributed by atoms with Gasteiger partial charge in [-0.05, 0) is 25.6 Å². The average Bonchev–Trinajstić information content (AvgIpc) is 2.41. The molecule has 6 heteroatoms. The molecule has 0 spiro atoms. The molecule has 0 bridgehead atoms. The van der Waals surface area contributed by atoms with Crippen LogP contribution in [0.2, 0.25) is 5.02 Å². The van der Waals surface area contributed by atoms with E-state index in [4.69, 9.17) is 11.6 Å². The van der Waals surface area contributed by atoms with E-state index in [1.807, 2.05) is 13.8 Å². The third-order valence-corrected chi connectivity index (χ3v) is 3.03. The molecule has 0 aliphatic heterocycles. The van der Waals surface area contributed by atoms with Gasteiger partial charge in [0.25, 0.3) is 0 Å². The monoisotopic (exact) mass is 297 g/mol. The number of likely N-dealkylation sites (N-methyl/N-ethyl adjacent to an activating group) is 2. The molecule has 1 aromatic carbocycles. The van der Waals surface area contributed by atoms with Crippen LogP contribution in [0.5, 0.6) is 0 Å². The molecule has 1 rings (SSSR count). The van der Waals surface area contributed by atoms with E-state index in [1.165, 1.54) is 0 Å². The van der Waals surface area contributed by atoms with E-state index in [2.05, 4.69) is 10.6 Å². The summed E-state index contributed by atoms with van der Waals surface area (Å²) < 4.78 is 0. The topological polar surface area (TPSA) is 61.4 Å². The van der Waals surface area contributed by atoms with Gasteiger partial charge in [-0.2, -0.15) is 0 Å². The molecule has 0 radical (unpaired) electrons. The van der Waals surface area contributed by atoms with Crippen LogP contribution in [0.25, 0.3) is 0 Å². The predicted octanol–water partition coefficient (Wildman–Crippen LogP) is 1.74. The summed E-state index contributed by atoms with van der Waals surface area (Å²) >= 11 is 5.97. The minimum atomic E-state index is -0.191. The molecular formula is C14H20ClN3O2. The molecule has 0 atom stereocenters. The fourth-order valence-corrected chi connectivity index (χ4v) is 1.87. The Morgan fingerprint density at radius 1 is 1.15 bits per heavy atom. The number of benzene rings is 1. The van der Waals surface area contributed by atoms with Crippen molar-refractivity contribution in [3.8, 4) is 0 Å². The molecule has 110 valence electrons. The zero-order chi connectivity index (χ0) is 15.0. The van der Waals surface area contributed by atoms with Crippen molar-refractivity contribution in [1.82, 2.24) is 10.2 Å². The number of carbonyl (C=O) groups is 2. The Morgan fingerprint density at radius 3 is 2.40 bits per heavy atom. The Morgan fingerprint density at radius 2 is 1.80 bits per heavy atom. The predicted molar refractivity (Wildman–Crippen MR) is 80.9 cm³/mol. The third kappa shape index (κ3) is 5.59. The molecule has 2 amide bonds. The van der Waals surface area contributed by atoms with Crippen LogP contribution in [0.1, 0.15) is 13.8 Å². The van der Waals surface area contributed by atoms with Crippen LogP contribution in [-0.4, -0.2) is 42.9 Å². The third-order valence-electron chi connectivity index (χ3n) is 2.70. The first-order valence-electron chi connectivity index (χ1n) is 6.60. The summed E-state index contributed by atoms with van der Waals surface area (Å²) in [5, 5.41) is 5.94. The fraction of sp³-hybridized carbons (Fsp3) is 0.429. The Labute approximate surface area is 124 Å². The summed E-state index contributed by atoms with van der Waals surface area (Å²) in [6.45, 7) is 5.33. The Kier molecular flexibility index (Phi) is 7.04. The summed E-state index contributed by atoms with van der Waals surface area (Å²) in [6, 6.07) is 7.04. The van der Waals surface area contributed by atoms with Crippen LogP contribution in [0.3, 0.4) is 0 Å². The molecule has 0 saturated carbocycles. The zero-order valence-electron chi connectivity index (χ0n) is 11.8. The smallest absolute Gasteiger partial charge is 0.238 e. The van der Waals surface area contributed by atoms with Gasteiger partial charge in [0, 0.05) is 6.54 Å². The lowest BCUT2D eigenvalue weighted by atomic mass is 10.3. The van der Waals surface area contributed by atoms with E-state index < -0.39 is 0 Å². The normalized spacial score (nSPS) is 10.4. The maximum absolute atomic E-state index is 11.9. The number of halogens is 1. The molecule has 0 saturated heterocycles. The first kappa shape index (κ1) is 16.5. The Bertz CT molecular complexity index is 465. The van der Waals surface area contributed by atoms with Crippen molar-refractivity contribution in [3.05, 3.63) is 29.3 Å². The van der Waals surface area contributed by atoms with E-state index in [0.29, 0.717) is 23.8 Å². The van der Waals surface area contributed by atoms with E-state index in [1.54, 1.807) is 29.2 Å². The van der Waals surface area contributed by atoms with Gasteiger partial charge in [-0.25, -0.2) is 0 Å². The molecule has 0 aromatic heterocycles. The van der Waals surface area contributed by atoms with Gasteiger partial charge in [0.1, 0.15) is 0 Å². The molecule has 0 fully saturated rings. The number of amides is 2. The molecule has 1 aromatic rings. The Hall–Kier alpha value is -1.59. The molecule has 5 nitrogen and oxygen atoms in total. The summed E-state index contributed by atoms with van der Waals surface area (Å²) in [5.74, 6) is -0.274. The lowest BCUT2D eigenvalue weighted by molar-refractivity contribution is -0.123. The number of carbonyl (C=O) groups excluding carboxylic acids is 2. The second-order valence-corrected chi connectivity index (χ2v) is 4.69. The molecule has 0 aliphatic carbocycles. The van der Waals surface area contributed by atoms with Crippen LogP contribution >= 0.6 is 11.6 Å². The van der Waals surface area contributed by atoms with E-state index in [-0.39, 0.29) is 24.9 Å². The van der Waals surface area contributed by atoms with Crippen LogP contribution in [0.4, 0.5) is 5.69 Å². The minimum absolute atomic E-state index is 0.0834. The van der Waals surface area contributed by atoms with E-state index in [0.717, 1.165) is 0 Å². The van der Waals surface area contributed by atoms with Gasteiger partial charge in [-0.1, -0.05) is 30.7 Å². The van der Waals surface area contributed by atoms with Crippen LogP contribution in [0.15, 0.2) is 24.3 Å². The highest BCUT2D eigenvalue weighted by Gasteiger charge is 2.13. The molecule has 20 heavy (non-hydrogen) atoms. The Balaban J connectivity index is 2.51. The second kappa shape index (κ2) is 8.55. The van der Waals surface area contributed by atoms with Crippen molar-refractivity contribution in [3.63, 3.8) is 0 Å².